The number of alkyl halides is 3. The number of phenols is 1. The van der Waals surface area contributed by atoms with Gasteiger partial charge in [-0.2, -0.15) is 23.3 Å². The van der Waals surface area contributed by atoms with Gasteiger partial charge >= 0.3 is 12.1 Å². The van der Waals surface area contributed by atoms with Crippen molar-refractivity contribution in [3.63, 3.8) is 0 Å². The Morgan fingerprint density at radius 3 is 2.81 bits per heavy atom. The van der Waals surface area contributed by atoms with Gasteiger partial charge in [0, 0.05) is 10.9 Å². The highest BCUT2D eigenvalue weighted by Crippen LogP contribution is 2.44. The Morgan fingerprint density at radius 1 is 1.44 bits per heavy atom. The molecule has 1 aromatic carbocycles. The lowest BCUT2D eigenvalue weighted by Gasteiger charge is -2.32. The number of hydrazone groups is 1. The van der Waals surface area contributed by atoms with Gasteiger partial charge in [-0.05, 0) is 19.1 Å². The second kappa shape index (κ2) is 6.82. The predicted molar refractivity (Wildman–Crippen MR) is 90.8 cm³/mol. The van der Waals surface area contributed by atoms with Crippen molar-refractivity contribution in [1.82, 2.24) is 4.98 Å². The number of halogens is 3. The smallest absolute Gasteiger partial charge is 0.438 e. The van der Waals surface area contributed by atoms with Crippen molar-refractivity contribution < 1.29 is 32.9 Å². The number of hydrogen-bond donors (Lipinski definition) is 2. The molecule has 2 N–H and O–H groups in total. The van der Waals surface area contributed by atoms with Crippen LogP contribution in [0.15, 0.2) is 34.7 Å². The highest BCUT2D eigenvalue weighted by molar-refractivity contribution is 7.14. The summed E-state index contributed by atoms with van der Waals surface area (Å²) in [4.78, 5) is 15.5. The summed E-state index contributed by atoms with van der Waals surface area (Å²) < 4.78 is 45.6. The minimum atomic E-state index is -5.05. The van der Waals surface area contributed by atoms with Gasteiger partial charge in [-0.1, -0.05) is 12.1 Å². The molecule has 27 heavy (non-hydrogen) atoms. The van der Waals surface area contributed by atoms with Crippen molar-refractivity contribution >= 4 is 28.1 Å². The molecule has 3 rings (SSSR count). The van der Waals surface area contributed by atoms with Gasteiger partial charge in [0.25, 0.3) is 5.72 Å². The number of nitrogens with zero attached hydrogens (tertiary/aromatic N) is 3. The Kier molecular flexibility index (Phi) is 4.82. The molecule has 0 unspecified atom stereocenters. The van der Waals surface area contributed by atoms with E-state index in [0.29, 0.717) is 5.01 Å². The van der Waals surface area contributed by atoms with Crippen LogP contribution in [0.2, 0.25) is 0 Å². The zero-order valence-corrected chi connectivity index (χ0v) is 14.7. The average molecular weight is 401 g/mol. The third kappa shape index (κ3) is 3.47. The van der Waals surface area contributed by atoms with E-state index in [2.05, 4.69) is 10.1 Å². The molecule has 144 valence electrons. The van der Waals surface area contributed by atoms with Crippen LogP contribution in [0.1, 0.15) is 29.4 Å². The molecule has 7 nitrogen and oxygen atoms in total. The summed E-state index contributed by atoms with van der Waals surface area (Å²) in [6.07, 6.45) is -5.92. The monoisotopic (exact) mass is 401 g/mol. The molecule has 11 heteroatoms. The lowest BCUT2D eigenvalue weighted by molar-refractivity contribution is -0.254. The number of phenolic OH excluding ortho intramolecular Hbond substituents is 1. The number of aromatic hydroxyl groups is 1. The second-order valence-corrected chi connectivity index (χ2v) is 6.47. The molecule has 0 bridgehead atoms. The number of aromatic nitrogens is 1. The van der Waals surface area contributed by atoms with E-state index in [1.165, 1.54) is 29.6 Å². The van der Waals surface area contributed by atoms with Crippen LogP contribution < -0.4 is 5.01 Å². The van der Waals surface area contributed by atoms with E-state index in [4.69, 9.17) is 4.74 Å². The number of aliphatic hydroxyl groups is 1. The number of ether oxygens (including phenoxy) is 1. The fourth-order valence-corrected chi connectivity index (χ4v) is 3.28. The molecular weight excluding hydrogens is 387 g/mol. The minimum absolute atomic E-state index is 0.0846. The first-order valence-electron chi connectivity index (χ1n) is 7.74. The Bertz CT molecular complexity index is 899. The Morgan fingerprint density at radius 2 is 2.19 bits per heavy atom. The zero-order chi connectivity index (χ0) is 19.8. The van der Waals surface area contributed by atoms with E-state index in [0.717, 1.165) is 11.3 Å². The van der Waals surface area contributed by atoms with Crippen molar-refractivity contribution in [1.29, 1.82) is 0 Å². The maximum absolute atomic E-state index is 13.6. The lowest BCUT2D eigenvalue weighted by Crippen LogP contribution is -2.55. The summed E-state index contributed by atoms with van der Waals surface area (Å²) in [6, 6.07) is 5.51. The van der Waals surface area contributed by atoms with Crippen molar-refractivity contribution in [2.45, 2.75) is 25.2 Å². The van der Waals surface area contributed by atoms with E-state index >= 15 is 0 Å². The molecule has 1 aliphatic rings. The van der Waals surface area contributed by atoms with Crippen LogP contribution in [0, 0.1) is 0 Å². The van der Waals surface area contributed by atoms with Crippen LogP contribution in [0.3, 0.4) is 0 Å². The third-order valence-electron chi connectivity index (χ3n) is 3.78. The maximum atomic E-state index is 13.6. The largest absolute Gasteiger partial charge is 0.508 e. The van der Waals surface area contributed by atoms with E-state index in [1.807, 2.05) is 0 Å². The van der Waals surface area contributed by atoms with E-state index < -0.39 is 24.3 Å². The molecule has 0 radical (unpaired) electrons. The fourth-order valence-electron chi connectivity index (χ4n) is 2.47. The highest BCUT2D eigenvalue weighted by atomic mass is 32.1. The number of rotatable bonds is 4. The molecule has 1 aromatic heterocycles. The van der Waals surface area contributed by atoms with Gasteiger partial charge < -0.3 is 14.9 Å². The molecule has 0 saturated carbocycles. The first kappa shape index (κ1) is 19.1. The van der Waals surface area contributed by atoms with Gasteiger partial charge in [-0.15, -0.1) is 11.3 Å². The SMILES string of the molecule is CCOC(=O)c1csc(N2N=C(c3cccc(O)c3)C[C@]2(O)C(F)(F)F)n1. The fraction of sp³-hybridized carbons (Fsp3) is 0.312. The van der Waals surface area contributed by atoms with E-state index in [9.17, 15) is 28.2 Å². The van der Waals surface area contributed by atoms with Crippen molar-refractivity contribution in [3.05, 3.63) is 40.9 Å². The molecule has 0 fully saturated rings. The van der Waals surface area contributed by atoms with Gasteiger partial charge in [0.1, 0.15) is 5.75 Å². The first-order chi connectivity index (χ1) is 12.7. The number of hydrogen-bond acceptors (Lipinski definition) is 8. The summed E-state index contributed by atoms with van der Waals surface area (Å²) in [5.74, 6) is -0.935. The van der Waals surface area contributed by atoms with Crippen molar-refractivity contribution in [2.24, 2.45) is 5.10 Å². The summed E-state index contributed by atoms with van der Waals surface area (Å²) in [5.41, 5.74) is -3.37. The molecule has 0 spiro atoms. The van der Waals surface area contributed by atoms with Crippen molar-refractivity contribution in [3.8, 4) is 5.75 Å². The topological polar surface area (TPSA) is 95.2 Å². The first-order valence-corrected chi connectivity index (χ1v) is 8.62. The average Bonchev–Trinajstić information content (AvgIpc) is 3.20. The van der Waals surface area contributed by atoms with E-state index in [1.54, 1.807) is 6.92 Å². The number of benzene rings is 1. The summed E-state index contributed by atoms with van der Waals surface area (Å²) in [6.45, 7) is 1.67. The normalized spacial score (nSPS) is 19.9. The molecular formula is C16H14F3N3O4S. The molecule has 0 amide bonds. The van der Waals surface area contributed by atoms with Crippen LogP contribution in [0.5, 0.6) is 5.75 Å². The number of carbonyl (C=O) groups is 1. The van der Waals surface area contributed by atoms with Crippen LogP contribution in [-0.4, -0.2) is 45.4 Å². The van der Waals surface area contributed by atoms with Gasteiger partial charge in [0.15, 0.2) is 5.69 Å². The Hall–Kier alpha value is -2.66. The highest BCUT2D eigenvalue weighted by Gasteiger charge is 2.62. The number of esters is 1. The summed E-state index contributed by atoms with van der Waals surface area (Å²) in [7, 11) is 0. The van der Waals surface area contributed by atoms with Crippen molar-refractivity contribution in [2.75, 3.05) is 11.6 Å². The van der Waals surface area contributed by atoms with Gasteiger partial charge in [-0.3, -0.25) is 0 Å². The van der Waals surface area contributed by atoms with E-state index in [-0.39, 0.29) is 34.5 Å². The number of carbonyl (C=O) groups excluding carboxylic acids is 1. The third-order valence-corrected chi connectivity index (χ3v) is 4.59. The minimum Gasteiger partial charge on any atom is -0.508 e. The molecule has 0 aliphatic carbocycles. The Labute approximate surface area is 155 Å². The number of anilines is 1. The summed E-state index contributed by atoms with van der Waals surface area (Å²) >= 11 is 0.717. The zero-order valence-electron chi connectivity index (χ0n) is 13.9. The van der Waals surface area contributed by atoms with Gasteiger partial charge in [0.05, 0.1) is 18.7 Å². The standard InChI is InChI=1S/C16H14F3N3O4S/c1-2-26-13(24)12-8-27-14(20-12)22-15(25,16(17,18)19)7-11(21-22)9-4-3-5-10(23)6-9/h3-6,8,23,25H,2,7H2,1H3/t15-/m0/s1. The molecule has 1 atom stereocenters. The number of thiazole rings is 1. The molecule has 1 aliphatic heterocycles. The molecule has 0 saturated heterocycles. The van der Waals surface area contributed by atoms with Crippen LogP contribution >= 0.6 is 11.3 Å². The van der Waals surface area contributed by atoms with Gasteiger partial charge in [-0.25, -0.2) is 9.78 Å². The quantitative estimate of drug-likeness (QED) is 0.765. The van der Waals surface area contributed by atoms with Crippen LogP contribution in [-0.2, 0) is 4.74 Å². The Balaban J connectivity index is 2.02. The second-order valence-electron chi connectivity index (χ2n) is 5.64. The summed E-state index contributed by atoms with van der Waals surface area (Å²) in [5, 5.41) is 25.0. The molecule has 2 heterocycles. The predicted octanol–water partition coefficient (Wildman–Crippen LogP) is 2.89. The van der Waals surface area contributed by atoms with Crippen LogP contribution in [0.25, 0.3) is 0 Å². The van der Waals surface area contributed by atoms with Gasteiger partial charge in [0.2, 0.25) is 5.13 Å². The molecule has 2 aromatic rings. The van der Waals surface area contributed by atoms with Crippen LogP contribution in [0.4, 0.5) is 18.3 Å². The lowest BCUT2D eigenvalue weighted by atomic mass is 10.0. The maximum Gasteiger partial charge on any atom is 0.438 e.